The van der Waals surface area contributed by atoms with Crippen LogP contribution in [0.4, 0.5) is 10.1 Å². The van der Waals surface area contributed by atoms with Crippen LogP contribution in [0.2, 0.25) is 0 Å². The second-order valence-electron chi connectivity index (χ2n) is 7.53. The molecule has 2 aliphatic rings. The van der Waals surface area contributed by atoms with E-state index in [9.17, 15) is 26.0 Å². The largest absolute Gasteiger partial charge is 0.310 e. The van der Waals surface area contributed by atoms with Crippen molar-refractivity contribution in [1.29, 1.82) is 0 Å². The summed E-state index contributed by atoms with van der Waals surface area (Å²) >= 11 is 0. The maximum Gasteiger partial charge on any atom is 0.275 e. The van der Waals surface area contributed by atoms with E-state index < -0.39 is 31.4 Å². The van der Waals surface area contributed by atoms with Gasteiger partial charge in [0.15, 0.2) is 0 Å². The number of benzene rings is 1. The fourth-order valence-electron chi connectivity index (χ4n) is 4.09. The maximum atomic E-state index is 13.4. The molecule has 8 nitrogen and oxygen atoms in total. The number of fused-ring (bicyclic) bond motifs is 4. The normalized spacial score (nSPS) is 22.1. The molecule has 1 aromatic heterocycles. The number of aromatic nitrogens is 1. The summed E-state index contributed by atoms with van der Waals surface area (Å²) in [6.45, 7) is 0.940. The Labute approximate surface area is 168 Å². The lowest BCUT2D eigenvalue weighted by atomic mass is 9.84. The zero-order valence-electron chi connectivity index (χ0n) is 15.6. The van der Waals surface area contributed by atoms with Crippen LogP contribution in [0.3, 0.4) is 0 Å². The molecule has 2 aliphatic heterocycles. The van der Waals surface area contributed by atoms with Crippen LogP contribution in [-0.4, -0.2) is 45.1 Å². The molecule has 29 heavy (non-hydrogen) atoms. The predicted molar refractivity (Wildman–Crippen MR) is 105 cm³/mol. The Hall–Kier alpha value is -2.24. The Morgan fingerprint density at radius 3 is 2.52 bits per heavy atom. The average molecular weight is 442 g/mol. The van der Waals surface area contributed by atoms with Crippen LogP contribution in [0.15, 0.2) is 46.1 Å². The minimum absolute atomic E-state index is 0.0243. The van der Waals surface area contributed by atoms with Crippen LogP contribution < -0.4 is 10.3 Å². The topological polar surface area (TPSA) is 106 Å². The van der Waals surface area contributed by atoms with E-state index in [1.165, 1.54) is 33.3 Å². The van der Waals surface area contributed by atoms with Crippen molar-refractivity contribution in [3.05, 3.63) is 58.3 Å². The van der Waals surface area contributed by atoms with E-state index in [1.54, 1.807) is 6.07 Å². The molecule has 3 heterocycles. The number of nitrogens with zero attached hydrogens (tertiary/aromatic N) is 2. The van der Waals surface area contributed by atoms with Crippen LogP contribution in [0.5, 0.6) is 0 Å². The third-order valence-corrected chi connectivity index (χ3v) is 7.99. The van der Waals surface area contributed by atoms with E-state index in [0.717, 1.165) is 18.6 Å². The summed E-state index contributed by atoms with van der Waals surface area (Å²) in [4.78, 5) is 12.7. The molecule has 11 heteroatoms. The van der Waals surface area contributed by atoms with Crippen molar-refractivity contribution in [2.24, 2.45) is 5.92 Å². The van der Waals surface area contributed by atoms with Crippen molar-refractivity contribution in [3.63, 3.8) is 0 Å². The summed E-state index contributed by atoms with van der Waals surface area (Å²) in [7, 11) is -7.45. The van der Waals surface area contributed by atoms with Gasteiger partial charge in [-0.25, -0.2) is 25.5 Å². The highest BCUT2D eigenvalue weighted by Gasteiger charge is 2.38. The molecule has 0 aliphatic carbocycles. The van der Waals surface area contributed by atoms with Crippen LogP contribution >= 0.6 is 0 Å². The SMILES string of the molecule is CS(=O)(=O)N1CC2CC(C1)c1ccc(NS(=O)(=O)c3cccc(F)c3)c(=O)n1C2. The zero-order chi connectivity index (χ0) is 21.0. The Bertz CT molecular complexity index is 1240. The fraction of sp³-hybridized carbons (Fsp3) is 0.389. The van der Waals surface area contributed by atoms with Gasteiger partial charge in [0.25, 0.3) is 15.6 Å². The molecule has 1 aromatic carbocycles. The minimum atomic E-state index is -4.12. The van der Waals surface area contributed by atoms with Gasteiger partial charge in [-0.05, 0) is 42.7 Å². The third-order valence-electron chi connectivity index (χ3n) is 5.39. The third kappa shape index (κ3) is 3.81. The van der Waals surface area contributed by atoms with Gasteiger partial charge >= 0.3 is 0 Å². The quantitative estimate of drug-likeness (QED) is 0.767. The molecule has 4 rings (SSSR count). The average Bonchev–Trinajstić information content (AvgIpc) is 2.63. The summed E-state index contributed by atoms with van der Waals surface area (Å²) in [6, 6.07) is 7.56. The lowest BCUT2D eigenvalue weighted by molar-refractivity contribution is 0.187. The Morgan fingerprint density at radius 2 is 1.83 bits per heavy atom. The van der Waals surface area contributed by atoms with Gasteiger partial charge in [-0.15, -0.1) is 0 Å². The molecular formula is C18H20FN3O5S2. The number of piperidine rings is 1. The lowest BCUT2D eigenvalue weighted by Gasteiger charge is -2.41. The first-order chi connectivity index (χ1) is 13.5. The van der Waals surface area contributed by atoms with Gasteiger partial charge in [-0.3, -0.25) is 9.52 Å². The molecule has 0 radical (unpaired) electrons. The Balaban J connectivity index is 1.67. The number of halogens is 1. The van der Waals surface area contributed by atoms with E-state index in [2.05, 4.69) is 4.72 Å². The van der Waals surface area contributed by atoms with E-state index >= 15 is 0 Å². The van der Waals surface area contributed by atoms with E-state index in [0.29, 0.717) is 25.3 Å². The highest BCUT2D eigenvalue weighted by atomic mass is 32.2. The van der Waals surface area contributed by atoms with Gasteiger partial charge in [0.2, 0.25) is 10.0 Å². The minimum Gasteiger partial charge on any atom is -0.310 e. The predicted octanol–water partition coefficient (Wildman–Crippen LogP) is 1.17. The summed E-state index contributed by atoms with van der Waals surface area (Å²) in [6.07, 6.45) is 1.95. The van der Waals surface area contributed by atoms with Crippen molar-refractivity contribution in [2.75, 3.05) is 24.1 Å². The van der Waals surface area contributed by atoms with Crippen molar-refractivity contribution in [1.82, 2.24) is 8.87 Å². The molecule has 1 N–H and O–H groups in total. The first kappa shape index (κ1) is 20.0. The zero-order valence-corrected chi connectivity index (χ0v) is 17.2. The van der Waals surface area contributed by atoms with Gasteiger partial charge in [0.05, 0.1) is 11.2 Å². The second kappa shape index (κ2) is 6.92. The van der Waals surface area contributed by atoms with Gasteiger partial charge in [-0.2, -0.15) is 0 Å². The summed E-state index contributed by atoms with van der Waals surface area (Å²) in [5, 5.41) is 0. The molecule has 156 valence electrons. The smallest absolute Gasteiger partial charge is 0.275 e. The maximum absolute atomic E-state index is 13.4. The van der Waals surface area contributed by atoms with Crippen LogP contribution in [0.1, 0.15) is 18.0 Å². The lowest BCUT2D eigenvalue weighted by Crippen LogP contribution is -2.49. The second-order valence-corrected chi connectivity index (χ2v) is 11.2. The van der Waals surface area contributed by atoms with Crippen molar-refractivity contribution >= 4 is 25.7 Å². The molecule has 0 saturated carbocycles. The number of nitrogens with one attached hydrogen (secondary N) is 1. The molecule has 2 aromatic rings. The van der Waals surface area contributed by atoms with Gasteiger partial charge < -0.3 is 4.57 Å². The van der Waals surface area contributed by atoms with Crippen LogP contribution in [0.25, 0.3) is 0 Å². The molecule has 2 unspecified atom stereocenters. The van der Waals surface area contributed by atoms with Crippen molar-refractivity contribution in [2.45, 2.75) is 23.8 Å². The first-order valence-corrected chi connectivity index (χ1v) is 12.3. The number of rotatable bonds is 4. The Kier molecular flexibility index (Phi) is 4.79. The van der Waals surface area contributed by atoms with E-state index in [4.69, 9.17) is 0 Å². The van der Waals surface area contributed by atoms with Crippen molar-refractivity contribution in [3.8, 4) is 0 Å². The molecule has 1 fully saturated rings. The summed E-state index contributed by atoms with van der Waals surface area (Å²) < 4.78 is 67.5. The highest BCUT2D eigenvalue weighted by molar-refractivity contribution is 7.92. The molecular weight excluding hydrogens is 421 g/mol. The van der Waals surface area contributed by atoms with E-state index in [-0.39, 0.29) is 22.4 Å². The number of hydrogen-bond donors (Lipinski definition) is 1. The van der Waals surface area contributed by atoms with Gasteiger partial charge in [-0.1, -0.05) is 6.07 Å². The molecule has 0 spiro atoms. The van der Waals surface area contributed by atoms with Gasteiger partial charge in [0.1, 0.15) is 11.5 Å². The summed E-state index contributed by atoms with van der Waals surface area (Å²) in [5.41, 5.74) is 0.0660. The first-order valence-electron chi connectivity index (χ1n) is 9.02. The number of pyridine rings is 1. The van der Waals surface area contributed by atoms with Gasteiger partial charge in [0, 0.05) is 31.2 Å². The molecule has 1 saturated heterocycles. The standard InChI is InChI=1S/C18H20FN3O5S2/c1-28(24,25)21-9-12-7-13(11-21)17-6-5-16(18(23)22(17)10-12)20-29(26,27)15-4-2-3-14(19)8-15/h2-6,8,12-13,20H,7,9-11H2,1H3. The molecule has 0 amide bonds. The monoisotopic (exact) mass is 441 g/mol. The molecule has 2 atom stereocenters. The fourth-order valence-corrected chi connectivity index (χ4v) is 6.11. The van der Waals surface area contributed by atoms with Crippen molar-refractivity contribution < 1.29 is 21.2 Å². The number of anilines is 1. The van der Waals surface area contributed by atoms with E-state index in [1.807, 2.05) is 0 Å². The number of hydrogen-bond acceptors (Lipinski definition) is 5. The summed E-state index contributed by atoms with van der Waals surface area (Å²) in [5.74, 6) is -0.846. The Morgan fingerprint density at radius 1 is 1.07 bits per heavy atom. The van der Waals surface area contributed by atoms with Crippen LogP contribution in [0, 0.1) is 11.7 Å². The number of sulfonamides is 2. The van der Waals surface area contributed by atoms with Crippen LogP contribution in [-0.2, 0) is 26.6 Å². The highest BCUT2D eigenvalue weighted by Crippen LogP contribution is 2.36. The molecule has 2 bridgehead atoms.